The first kappa shape index (κ1) is 17.0. The van der Waals surface area contributed by atoms with Crippen LogP contribution in [0.25, 0.3) is 5.65 Å². The van der Waals surface area contributed by atoms with Crippen molar-refractivity contribution >= 4 is 28.0 Å². The molecule has 0 atom stereocenters. The van der Waals surface area contributed by atoms with Crippen LogP contribution in [0.15, 0.2) is 48.5 Å². The van der Waals surface area contributed by atoms with Crippen LogP contribution in [0.2, 0.25) is 0 Å². The molecule has 0 unspecified atom stereocenters. The summed E-state index contributed by atoms with van der Waals surface area (Å²) in [5.41, 5.74) is 1.75. The second kappa shape index (κ2) is 7.04. The molecule has 1 amide bonds. The van der Waals surface area contributed by atoms with E-state index in [4.69, 9.17) is 9.47 Å². The molecule has 4 heterocycles. The predicted molar refractivity (Wildman–Crippen MR) is 101 cm³/mol. The Kier molecular flexibility index (Phi) is 4.43. The van der Waals surface area contributed by atoms with Crippen LogP contribution in [0.1, 0.15) is 16.1 Å². The quantitative estimate of drug-likeness (QED) is 0.569. The molecule has 9 heteroatoms. The molecule has 0 saturated carbocycles. The van der Waals surface area contributed by atoms with Gasteiger partial charge in [-0.3, -0.25) is 15.1 Å². The third kappa shape index (κ3) is 3.58. The van der Waals surface area contributed by atoms with Crippen molar-refractivity contribution in [3.8, 4) is 17.2 Å². The van der Waals surface area contributed by atoms with Gasteiger partial charge in [0, 0.05) is 23.8 Å². The maximum Gasteiger partial charge on any atom is 0.261 e. The third-order valence-electron chi connectivity index (χ3n) is 3.71. The standard InChI is InChI=1S/C18H15N5O3S/c1-11-10-27-18(21-11)22-17(24)15-6-14(9-23-4-3-20-16(15)23)26-13-5-12(25-2)7-19-8-13/h3-10H,1-2H3,(H,21,22,24). The molecule has 0 bridgehead atoms. The maximum atomic E-state index is 12.8. The molecule has 0 fully saturated rings. The number of hydrogen-bond acceptors (Lipinski definition) is 7. The number of imidazole rings is 1. The second-order valence-electron chi connectivity index (χ2n) is 5.66. The van der Waals surface area contributed by atoms with Crippen LogP contribution >= 0.6 is 11.3 Å². The summed E-state index contributed by atoms with van der Waals surface area (Å²) < 4.78 is 12.7. The summed E-state index contributed by atoms with van der Waals surface area (Å²) in [5, 5.41) is 5.20. The van der Waals surface area contributed by atoms with E-state index in [-0.39, 0.29) is 5.91 Å². The molecule has 0 aliphatic carbocycles. The van der Waals surface area contributed by atoms with Gasteiger partial charge in [-0.15, -0.1) is 11.3 Å². The van der Waals surface area contributed by atoms with Crippen LogP contribution in [0.4, 0.5) is 5.13 Å². The number of anilines is 1. The van der Waals surface area contributed by atoms with Crippen LogP contribution in [0, 0.1) is 6.92 Å². The lowest BCUT2D eigenvalue weighted by molar-refractivity contribution is 0.102. The molecule has 0 aliphatic heterocycles. The number of fused-ring (bicyclic) bond motifs is 1. The fourth-order valence-corrected chi connectivity index (χ4v) is 3.19. The van der Waals surface area contributed by atoms with Gasteiger partial charge in [0.25, 0.3) is 5.91 Å². The number of carbonyl (C=O) groups excluding carboxylic acids is 1. The van der Waals surface area contributed by atoms with E-state index in [2.05, 4.69) is 20.3 Å². The van der Waals surface area contributed by atoms with Crippen LogP contribution < -0.4 is 14.8 Å². The van der Waals surface area contributed by atoms with Gasteiger partial charge in [0.2, 0.25) is 0 Å². The smallest absolute Gasteiger partial charge is 0.261 e. The van der Waals surface area contributed by atoms with Crippen molar-refractivity contribution in [3.05, 3.63) is 59.8 Å². The van der Waals surface area contributed by atoms with Crippen molar-refractivity contribution < 1.29 is 14.3 Å². The number of hydrogen-bond donors (Lipinski definition) is 1. The molecule has 4 aromatic rings. The molecule has 0 saturated heterocycles. The molecule has 136 valence electrons. The van der Waals surface area contributed by atoms with Gasteiger partial charge < -0.3 is 13.9 Å². The highest BCUT2D eigenvalue weighted by molar-refractivity contribution is 7.13. The van der Waals surface area contributed by atoms with Crippen molar-refractivity contribution in [2.24, 2.45) is 0 Å². The number of carbonyl (C=O) groups is 1. The molecule has 0 aromatic carbocycles. The van der Waals surface area contributed by atoms with E-state index >= 15 is 0 Å². The zero-order valence-corrected chi connectivity index (χ0v) is 15.4. The van der Waals surface area contributed by atoms with E-state index < -0.39 is 0 Å². The largest absolute Gasteiger partial charge is 0.495 e. The lowest BCUT2D eigenvalue weighted by Gasteiger charge is -2.10. The molecule has 27 heavy (non-hydrogen) atoms. The van der Waals surface area contributed by atoms with Crippen molar-refractivity contribution in [2.75, 3.05) is 12.4 Å². The zero-order chi connectivity index (χ0) is 18.8. The summed E-state index contributed by atoms with van der Waals surface area (Å²) in [6, 6.07) is 3.35. The summed E-state index contributed by atoms with van der Waals surface area (Å²) in [6.45, 7) is 1.87. The lowest BCUT2D eigenvalue weighted by Crippen LogP contribution is -2.13. The first-order valence-corrected chi connectivity index (χ1v) is 8.87. The van der Waals surface area contributed by atoms with Gasteiger partial charge in [-0.05, 0) is 13.0 Å². The molecule has 0 aliphatic rings. The Morgan fingerprint density at radius 2 is 2.07 bits per heavy atom. The number of rotatable bonds is 5. The Morgan fingerprint density at radius 1 is 1.22 bits per heavy atom. The number of aryl methyl sites for hydroxylation is 1. The van der Waals surface area contributed by atoms with Crippen LogP contribution in [0.5, 0.6) is 17.2 Å². The van der Waals surface area contributed by atoms with E-state index in [9.17, 15) is 4.79 Å². The minimum atomic E-state index is -0.310. The molecule has 8 nitrogen and oxygen atoms in total. The lowest BCUT2D eigenvalue weighted by atomic mass is 10.2. The van der Waals surface area contributed by atoms with Crippen molar-refractivity contribution in [1.29, 1.82) is 0 Å². The average molecular weight is 381 g/mol. The van der Waals surface area contributed by atoms with E-state index in [0.29, 0.717) is 33.6 Å². The number of thiazole rings is 1. The Morgan fingerprint density at radius 3 is 2.85 bits per heavy atom. The number of amides is 1. The number of methoxy groups -OCH3 is 1. The number of nitrogens with one attached hydrogen (secondary N) is 1. The fraction of sp³-hybridized carbons (Fsp3) is 0.111. The minimum Gasteiger partial charge on any atom is -0.495 e. The summed E-state index contributed by atoms with van der Waals surface area (Å²) in [5.74, 6) is 1.23. The second-order valence-corrected chi connectivity index (χ2v) is 6.52. The minimum absolute atomic E-state index is 0.310. The van der Waals surface area contributed by atoms with Gasteiger partial charge in [0.15, 0.2) is 5.13 Å². The van der Waals surface area contributed by atoms with E-state index in [0.717, 1.165) is 5.69 Å². The van der Waals surface area contributed by atoms with E-state index in [1.54, 1.807) is 54.6 Å². The van der Waals surface area contributed by atoms with Crippen LogP contribution in [0.3, 0.4) is 0 Å². The van der Waals surface area contributed by atoms with Crippen molar-refractivity contribution in [1.82, 2.24) is 19.4 Å². The normalized spacial score (nSPS) is 10.7. The van der Waals surface area contributed by atoms with Crippen LogP contribution in [-0.4, -0.2) is 32.4 Å². The first-order chi connectivity index (χ1) is 13.1. The number of ether oxygens (including phenoxy) is 2. The van der Waals surface area contributed by atoms with Crippen molar-refractivity contribution in [3.63, 3.8) is 0 Å². The predicted octanol–water partition coefficient (Wildman–Crippen LogP) is 3.55. The average Bonchev–Trinajstić information content (AvgIpc) is 3.29. The SMILES string of the molecule is COc1cncc(Oc2cc(C(=O)Nc3nc(C)cs3)c3nccn3c2)c1. The number of aromatic nitrogens is 4. The summed E-state index contributed by atoms with van der Waals surface area (Å²) in [6.07, 6.45) is 8.26. The topological polar surface area (TPSA) is 90.6 Å². The van der Waals surface area contributed by atoms with E-state index in [1.165, 1.54) is 11.3 Å². The highest BCUT2D eigenvalue weighted by Gasteiger charge is 2.16. The molecule has 4 aromatic heterocycles. The molecule has 0 spiro atoms. The number of pyridine rings is 2. The zero-order valence-electron chi connectivity index (χ0n) is 14.5. The molecular formula is C18H15N5O3S. The van der Waals surface area contributed by atoms with Gasteiger partial charge in [-0.1, -0.05) is 0 Å². The summed E-state index contributed by atoms with van der Waals surface area (Å²) >= 11 is 1.37. The Hall–Kier alpha value is -3.46. The van der Waals surface area contributed by atoms with Gasteiger partial charge >= 0.3 is 0 Å². The highest BCUT2D eigenvalue weighted by Crippen LogP contribution is 2.27. The summed E-state index contributed by atoms with van der Waals surface area (Å²) in [7, 11) is 1.56. The molecule has 0 radical (unpaired) electrons. The van der Waals surface area contributed by atoms with Gasteiger partial charge in [-0.25, -0.2) is 9.97 Å². The maximum absolute atomic E-state index is 12.8. The van der Waals surface area contributed by atoms with E-state index in [1.807, 2.05) is 12.3 Å². The monoisotopic (exact) mass is 381 g/mol. The summed E-state index contributed by atoms with van der Waals surface area (Å²) in [4.78, 5) is 25.3. The molecular weight excluding hydrogens is 366 g/mol. The van der Waals surface area contributed by atoms with Crippen molar-refractivity contribution in [2.45, 2.75) is 6.92 Å². The molecule has 1 N–H and O–H groups in total. The highest BCUT2D eigenvalue weighted by atomic mass is 32.1. The Labute approximate surface area is 158 Å². The Bertz CT molecular complexity index is 1120. The van der Waals surface area contributed by atoms with Gasteiger partial charge in [0.1, 0.15) is 22.9 Å². The Balaban J connectivity index is 1.67. The number of nitrogens with zero attached hydrogens (tertiary/aromatic N) is 4. The third-order valence-corrected chi connectivity index (χ3v) is 4.58. The first-order valence-electron chi connectivity index (χ1n) is 7.99. The van der Waals surface area contributed by atoms with Gasteiger partial charge in [-0.2, -0.15) is 0 Å². The fourth-order valence-electron chi connectivity index (χ4n) is 2.51. The van der Waals surface area contributed by atoms with Gasteiger partial charge in [0.05, 0.1) is 37.0 Å². The molecule has 4 rings (SSSR count). The van der Waals surface area contributed by atoms with Crippen LogP contribution in [-0.2, 0) is 0 Å².